The largest absolute Gasteiger partial charge is 0.481 e. The van der Waals surface area contributed by atoms with Gasteiger partial charge in [0.1, 0.15) is 18.3 Å². The van der Waals surface area contributed by atoms with Crippen LogP contribution >= 0.6 is 11.6 Å². The molecule has 6 rings (SSSR count). The molecule has 3 aliphatic rings. The highest BCUT2D eigenvalue weighted by Crippen LogP contribution is 2.44. The van der Waals surface area contributed by atoms with Crippen LogP contribution in [-0.4, -0.2) is 72.3 Å². The number of fused-ring (bicyclic) bond motifs is 4. The second-order valence-corrected chi connectivity index (χ2v) is 11.2. The summed E-state index contributed by atoms with van der Waals surface area (Å²) in [5.74, 6) is -0.678. The third kappa shape index (κ3) is 5.86. The first-order valence-electron chi connectivity index (χ1n) is 13.5. The van der Waals surface area contributed by atoms with E-state index in [1.165, 1.54) is 17.3 Å². The second-order valence-electron chi connectivity index (χ2n) is 10.8. The molecule has 2 atom stereocenters. The van der Waals surface area contributed by atoms with Gasteiger partial charge in [-0.1, -0.05) is 11.6 Å². The summed E-state index contributed by atoms with van der Waals surface area (Å²) in [4.78, 5) is 30.0. The maximum absolute atomic E-state index is 13.7. The predicted octanol–water partition coefficient (Wildman–Crippen LogP) is 5.38. The quantitative estimate of drug-likeness (QED) is 0.388. The normalized spacial score (nSPS) is 20.6. The summed E-state index contributed by atoms with van der Waals surface area (Å²) in [6.45, 7) is 5.48. The lowest BCUT2D eigenvalue weighted by Crippen LogP contribution is -2.48. The van der Waals surface area contributed by atoms with E-state index < -0.39 is 29.4 Å². The Kier molecular flexibility index (Phi) is 7.47. The third-order valence-corrected chi connectivity index (χ3v) is 7.63. The van der Waals surface area contributed by atoms with E-state index in [1.807, 2.05) is 18.7 Å². The lowest BCUT2D eigenvalue weighted by Gasteiger charge is -2.36. The SMILES string of the molecule is COc1ncc(-c2nc3c(cc2Cl)N2CC[C@@H](C2)N3C(=O)Nc2ccnc(OC[C@@H]3COC(C)(C)O3)c2)cc1C(F)(F)F. The number of pyridine rings is 3. The summed E-state index contributed by atoms with van der Waals surface area (Å²) in [5.41, 5.74) is 0.0697. The van der Waals surface area contributed by atoms with Crippen molar-refractivity contribution in [3.05, 3.63) is 47.2 Å². The van der Waals surface area contributed by atoms with Crippen LogP contribution in [0.1, 0.15) is 25.8 Å². The van der Waals surface area contributed by atoms with Crippen LogP contribution in [0.4, 0.5) is 35.2 Å². The van der Waals surface area contributed by atoms with Crippen LogP contribution in [0.3, 0.4) is 0 Å². The monoisotopic (exact) mass is 620 g/mol. The number of nitrogens with one attached hydrogen (secondary N) is 1. The van der Waals surface area contributed by atoms with Gasteiger partial charge >= 0.3 is 12.2 Å². The number of aromatic nitrogens is 3. The van der Waals surface area contributed by atoms with Gasteiger partial charge in [0.05, 0.1) is 36.2 Å². The number of anilines is 3. The molecule has 3 aliphatic heterocycles. The van der Waals surface area contributed by atoms with Crippen LogP contribution < -0.4 is 24.6 Å². The number of halogens is 4. The molecular formula is C28H28ClF3N6O5. The van der Waals surface area contributed by atoms with Gasteiger partial charge < -0.3 is 29.2 Å². The van der Waals surface area contributed by atoms with Crippen LogP contribution in [0.25, 0.3) is 11.3 Å². The van der Waals surface area contributed by atoms with Crippen molar-refractivity contribution >= 4 is 34.8 Å². The highest BCUT2D eigenvalue weighted by atomic mass is 35.5. The highest BCUT2D eigenvalue weighted by Gasteiger charge is 2.41. The fourth-order valence-electron chi connectivity index (χ4n) is 5.41. The first-order valence-corrected chi connectivity index (χ1v) is 13.9. The molecule has 0 saturated carbocycles. The number of hydrogen-bond donors (Lipinski definition) is 1. The fraction of sp³-hybridized carbons (Fsp3) is 0.429. The van der Waals surface area contributed by atoms with E-state index in [9.17, 15) is 18.0 Å². The molecule has 228 valence electrons. The molecule has 3 aromatic rings. The molecule has 0 aliphatic carbocycles. The number of carbonyl (C=O) groups excluding carboxylic acids is 1. The van der Waals surface area contributed by atoms with Crippen molar-refractivity contribution in [2.24, 2.45) is 0 Å². The number of rotatable bonds is 6. The molecule has 15 heteroatoms. The van der Waals surface area contributed by atoms with E-state index in [1.54, 1.807) is 18.2 Å². The molecule has 3 aromatic heterocycles. The van der Waals surface area contributed by atoms with Crippen molar-refractivity contribution in [2.45, 2.75) is 44.4 Å². The Hall–Kier alpha value is -3.88. The summed E-state index contributed by atoms with van der Waals surface area (Å²) in [5, 5.41) is 3.00. The molecule has 2 bridgehead atoms. The lowest BCUT2D eigenvalue weighted by atomic mass is 10.1. The summed E-state index contributed by atoms with van der Waals surface area (Å²) in [7, 11) is 1.11. The van der Waals surface area contributed by atoms with Gasteiger partial charge in [0.25, 0.3) is 0 Å². The molecule has 43 heavy (non-hydrogen) atoms. The van der Waals surface area contributed by atoms with Crippen molar-refractivity contribution < 1.29 is 36.9 Å². The average molecular weight is 621 g/mol. The standard InChI is InChI=1S/C28H28ClF3N6O5/c1-27(2)42-14-18(43-27)13-41-22-9-16(4-6-33-22)35-26(39)38-17-5-7-37(12-17)21-10-20(29)23(36-24(21)38)15-8-19(28(30,31)32)25(40-3)34-11-15/h4,6,8-11,17-18H,5,7,12-14H2,1-3H3,(H,33,35,39)/t17-,18+/m0/s1. The molecule has 2 amide bonds. The van der Waals surface area contributed by atoms with Gasteiger partial charge in [-0.2, -0.15) is 13.2 Å². The van der Waals surface area contributed by atoms with E-state index in [2.05, 4.69) is 20.3 Å². The van der Waals surface area contributed by atoms with E-state index in [-0.39, 0.29) is 46.7 Å². The molecule has 0 radical (unpaired) electrons. The van der Waals surface area contributed by atoms with Gasteiger partial charge in [-0.25, -0.2) is 19.7 Å². The number of methoxy groups -OCH3 is 1. The Bertz CT molecular complexity index is 1560. The molecule has 2 fully saturated rings. The van der Waals surface area contributed by atoms with Gasteiger partial charge in [-0.15, -0.1) is 0 Å². The molecule has 0 unspecified atom stereocenters. The van der Waals surface area contributed by atoms with Gasteiger partial charge in [0, 0.05) is 42.8 Å². The zero-order valence-electron chi connectivity index (χ0n) is 23.4. The van der Waals surface area contributed by atoms with Gasteiger partial charge in [-0.3, -0.25) is 4.90 Å². The molecule has 2 saturated heterocycles. The second kappa shape index (κ2) is 11.0. The minimum atomic E-state index is -4.71. The van der Waals surface area contributed by atoms with E-state index >= 15 is 0 Å². The topological polar surface area (TPSA) is 111 Å². The Labute approximate surface area is 249 Å². The van der Waals surface area contributed by atoms with E-state index in [4.69, 9.17) is 30.5 Å². The van der Waals surface area contributed by atoms with E-state index in [0.717, 1.165) is 13.2 Å². The van der Waals surface area contributed by atoms with Crippen LogP contribution in [0.15, 0.2) is 36.7 Å². The Morgan fingerprint density at radius 3 is 2.79 bits per heavy atom. The predicted molar refractivity (Wildman–Crippen MR) is 151 cm³/mol. The number of nitrogens with zero attached hydrogens (tertiary/aromatic N) is 5. The van der Waals surface area contributed by atoms with Crippen LogP contribution in [0.2, 0.25) is 5.02 Å². The number of carbonyl (C=O) groups is 1. The number of hydrogen-bond acceptors (Lipinski definition) is 9. The average Bonchev–Trinajstić information content (AvgIpc) is 3.54. The summed E-state index contributed by atoms with van der Waals surface area (Å²) in [6.07, 6.45) is -1.59. The van der Waals surface area contributed by atoms with Crippen LogP contribution in [-0.2, 0) is 15.7 Å². The third-order valence-electron chi connectivity index (χ3n) is 7.35. The van der Waals surface area contributed by atoms with Gasteiger partial charge in [0.15, 0.2) is 11.6 Å². The zero-order chi connectivity index (χ0) is 30.5. The van der Waals surface area contributed by atoms with Crippen molar-refractivity contribution in [3.8, 4) is 23.0 Å². The number of amides is 2. The first-order chi connectivity index (χ1) is 20.4. The highest BCUT2D eigenvalue weighted by molar-refractivity contribution is 6.33. The maximum atomic E-state index is 13.7. The Morgan fingerprint density at radius 1 is 1.26 bits per heavy atom. The molecule has 1 N–H and O–H groups in total. The number of urea groups is 1. The smallest absolute Gasteiger partial charge is 0.421 e. The molecular weight excluding hydrogens is 593 g/mol. The van der Waals surface area contributed by atoms with E-state index in [0.29, 0.717) is 37.5 Å². The van der Waals surface area contributed by atoms with Crippen molar-refractivity contribution in [1.29, 1.82) is 0 Å². The summed E-state index contributed by atoms with van der Waals surface area (Å²) < 4.78 is 63.0. The van der Waals surface area contributed by atoms with Crippen molar-refractivity contribution in [2.75, 3.05) is 48.5 Å². The van der Waals surface area contributed by atoms with Crippen molar-refractivity contribution in [3.63, 3.8) is 0 Å². The minimum absolute atomic E-state index is 0.0326. The molecule has 0 aromatic carbocycles. The van der Waals surface area contributed by atoms with Gasteiger partial charge in [0.2, 0.25) is 11.8 Å². The number of ether oxygens (including phenoxy) is 4. The number of alkyl halides is 3. The van der Waals surface area contributed by atoms with Crippen LogP contribution in [0.5, 0.6) is 11.8 Å². The lowest BCUT2D eigenvalue weighted by molar-refractivity contribution is -0.141. The van der Waals surface area contributed by atoms with Gasteiger partial charge in [-0.05, 0) is 38.5 Å². The minimum Gasteiger partial charge on any atom is -0.481 e. The fourth-order valence-corrected chi connectivity index (χ4v) is 5.66. The maximum Gasteiger partial charge on any atom is 0.421 e. The Morgan fingerprint density at radius 2 is 2.07 bits per heavy atom. The molecule has 0 spiro atoms. The van der Waals surface area contributed by atoms with Crippen LogP contribution in [0, 0.1) is 0 Å². The van der Waals surface area contributed by atoms with Crippen molar-refractivity contribution in [1.82, 2.24) is 15.0 Å². The molecule has 6 heterocycles. The summed E-state index contributed by atoms with van der Waals surface area (Å²) in [6, 6.07) is 5.03. The molecule has 11 nitrogen and oxygen atoms in total. The zero-order valence-corrected chi connectivity index (χ0v) is 24.2. The Balaban J connectivity index is 1.27. The first kappa shape index (κ1) is 29.2. The summed E-state index contributed by atoms with van der Waals surface area (Å²) >= 11 is 6.55.